The van der Waals surface area contributed by atoms with Gasteiger partial charge in [0.15, 0.2) is 18.9 Å². The molecule has 1 aliphatic rings. The number of hydrogen-bond donors (Lipinski definition) is 1. The number of carbonyl (C=O) groups is 1. The molecule has 0 saturated heterocycles. The van der Waals surface area contributed by atoms with Crippen LogP contribution in [-0.4, -0.2) is 30.8 Å². The molecular formula is C23H23N2O3S+. The Bertz CT molecular complexity index is 979. The molecule has 6 heteroatoms. The van der Waals surface area contributed by atoms with E-state index in [1.54, 1.807) is 12.0 Å². The van der Waals surface area contributed by atoms with Crippen LogP contribution in [-0.2, 0) is 11.3 Å². The van der Waals surface area contributed by atoms with Crippen LogP contribution in [0.15, 0.2) is 84.0 Å². The highest BCUT2D eigenvalue weighted by atomic mass is 32.2. The van der Waals surface area contributed by atoms with Crippen molar-refractivity contribution in [1.29, 1.82) is 0 Å². The van der Waals surface area contributed by atoms with E-state index in [1.807, 2.05) is 83.7 Å². The van der Waals surface area contributed by atoms with Gasteiger partial charge in [0.05, 0.1) is 24.6 Å². The average Bonchev–Trinajstić information content (AvgIpc) is 2.88. The van der Waals surface area contributed by atoms with E-state index in [-0.39, 0.29) is 11.2 Å². The van der Waals surface area contributed by atoms with Crippen molar-refractivity contribution in [2.24, 2.45) is 0 Å². The van der Waals surface area contributed by atoms with Crippen LogP contribution in [0.5, 0.6) is 5.75 Å². The second-order valence-corrected chi connectivity index (χ2v) is 8.01. The summed E-state index contributed by atoms with van der Waals surface area (Å²) in [6, 6.07) is 21.2. The number of methoxy groups -OCH3 is 1. The molecule has 2 heterocycles. The summed E-state index contributed by atoms with van der Waals surface area (Å²) in [6.07, 6.45) is 2.81. The van der Waals surface area contributed by atoms with Gasteiger partial charge in [-0.3, -0.25) is 4.79 Å². The van der Waals surface area contributed by atoms with Crippen molar-refractivity contribution >= 4 is 23.4 Å². The number of para-hydroxylation sites is 1. The highest BCUT2D eigenvalue weighted by Gasteiger charge is 2.37. The number of benzene rings is 2. The summed E-state index contributed by atoms with van der Waals surface area (Å²) >= 11 is 1.52. The molecule has 29 heavy (non-hydrogen) atoms. The topological polar surface area (TPSA) is 53.7 Å². The molecule has 5 nitrogen and oxygen atoms in total. The van der Waals surface area contributed by atoms with Crippen molar-refractivity contribution in [3.05, 3.63) is 84.7 Å². The minimum atomic E-state index is -1.14. The molecule has 2 aromatic carbocycles. The number of anilines is 1. The fourth-order valence-electron chi connectivity index (χ4n) is 3.46. The van der Waals surface area contributed by atoms with Gasteiger partial charge >= 0.3 is 0 Å². The van der Waals surface area contributed by atoms with Crippen molar-refractivity contribution in [1.82, 2.24) is 0 Å². The Hall–Kier alpha value is -2.83. The Kier molecular flexibility index (Phi) is 5.83. The zero-order valence-electron chi connectivity index (χ0n) is 16.1. The van der Waals surface area contributed by atoms with E-state index in [1.165, 1.54) is 11.8 Å². The minimum absolute atomic E-state index is 0.278. The van der Waals surface area contributed by atoms with Gasteiger partial charge in [0.1, 0.15) is 11.9 Å². The fourth-order valence-corrected chi connectivity index (χ4v) is 4.73. The molecule has 1 aromatic heterocycles. The van der Waals surface area contributed by atoms with Crippen molar-refractivity contribution in [3.63, 3.8) is 0 Å². The van der Waals surface area contributed by atoms with E-state index < -0.39 is 6.10 Å². The number of thioether (sulfide) groups is 1. The highest BCUT2D eigenvalue weighted by molar-refractivity contribution is 7.99. The summed E-state index contributed by atoms with van der Waals surface area (Å²) in [5, 5.41) is 10.6. The molecular weight excluding hydrogens is 384 g/mol. The molecule has 2 atom stereocenters. The molecule has 0 aliphatic carbocycles. The Morgan fingerprint density at radius 1 is 1.03 bits per heavy atom. The lowest BCUT2D eigenvalue weighted by Crippen LogP contribution is -2.46. The highest BCUT2D eigenvalue weighted by Crippen LogP contribution is 2.45. The number of amides is 1. The Labute approximate surface area is 174 Å². The number of aliphatic hydroxyl groups excluding tert-OH is 1. The minimum Gasteiger partial charge on any atom is -0.497 e. The number of hydrogen-bond acceptors (Lipinski definition) is 4. The number of carbonyl (C=O) groups excluding carboxylic acids is 1. The standard InChI is InChI=1S/C23H23N2O3S/c1-28-18-11-9-17(10-12-18)22-21(26)23(27)25(16-15-24-13-5-2-6-14-24)19-7-3-4-8-20(19)29-22/h2-14,21-22,26H,15-16H2,1H3/q+1/t21-,22+/m1/s1. The molecule has 4 rings (SSSR count). The van der Waals surface area contributed by atoms with Crippen LogP contribution in [0, 0.1) is 0 Å². The predicted octanol–water partition coefficient (Wildman–Crippen LogP) is 3.22. The zero-order valence-corrected chi connectivity index (χ0v) is 17.0. The largest absolute Gasteiger partial charge is 0.497 e. The smallest absolute Gasteiger partial charge is 0.257 e. The second kappa shape index (κ2) is 8.68. The summed E-state index contributed by atoms with van der Waals surface area (Å²) in [5.74, 6) is 0.468. The molecule has 1 aliphatic heterocycles. The van der Waals surface area contributed by atoms with Gasteiger partial charge in [-0.25, -0.2) is 4.57 Å². The van der Waals surface area contributed by atoms with Gasteiger partial charge in [-0.15, -0.1) is 11.8 Å². The first-order chi connectivity index (χ1) is 14.2. The maximum absolute atomic E-state index is 13.3. The summed E-state index contributed by atoms with van der Waals surface area (Å²) in [4.78, 5) is 16.0. The quantitative estimate of drug-likeness (QED) is 0.660. The molecule has 1 amide bonds. The van der Waals surface area contributed by atoms with E-state index in [4.69, 9.17) is 4.74 Å². The monoisotopic (exact) mass is 407 g/mol. The summed E-state index contributed by atoms with van der Waals surface area (Å²) in [6.45, 7) is 1.13. The number of aromatic nitrogens is 1. The van der Waals surface area contributed by atoms with Gasteiger partial charge in [0.2, 0.25) is 0 Å². The fraction of sp³-hybridized carbons (Fsp3) is 0.217. The van der Waals surface area contributed by atoms with Crippen LogP contribution in [0.2, 0.25) is 0 Å². The van der Waals surface area contributed by atoms with Gasteiger partial charge in [0, 0.05) is 17.0 Å². The van der Waals surface area contributed by atoms with Crippen molar-refractivity contribution < 1.29 is 19.2 Å². The number of aliphatic hydroxyl groups is 1. The van der Waals surface area contributed by atoms with Crippen molar-refractivity contribution in [2.45, 2.75) is 22.8 Å². The number of nitrogens with zero attached hydrogens (tertiary/aromatic N) is 2. The lowest BCUT2D eigenvalue weighted by Gasteiger charge is -2.24. The number of rotatable bonds is 5. The third-order valence-electron chi connectivity index (χ3n) is 5.02. The molecule has 0 unspecified atom stereocenters. The third kappa shape index (κ3) is 4.13. The molecule has 0 saturated carbocycles. The maximum Gasteiger partial charge on any atom is 0.257 e. The van der Waals surface area contributed by atoms with Gasteiger partial charge < -0.3 is 14.7 Å². The van der Waals surface area contributed by atoms with Gasteiger partial charge in [0.25, 0.3) is 5.91 Å². The van der Waals surface area contributed by atoms with Gasteiger partial charge in [-0.05, 0) is 29.8 Å². The zero-order chi connectivity index (χ0) is 20.2. The van der Waals surface area contributed by atoms with Crippen LogP contribution in [0.1, 0.15) is 10.8 Å². The second-order valence-electron chi connectivity index (χ2n) is 6.83. The Balaban J connectivity index is 1.65. The van der Waals surface area contributed by atoms with Crippen LogP contribution < -0.4 is 14.2 Å². The maximum atomic E-state index is 13.3. The van der Waals surface area contributed by atoms with Crippen molar-refractivity contribution in [2.75, 3.05) is 18.6 Å². The normalized spacial score (nSPS) is 18.8. The lowest BCUT2D eigenvalue weighted by molar-refractivity contribution is -0.694. The first-order valence-electron chi connectivity index (χ1n) is 9.50. The van der Waals surface area contributed by atoms with Crippen LogP contribution >= 0.6 is 11.8 Å². The van der Waals surface area contributed by atoms with E-state index in [0.717, 1.165) is 21.9 Å². The van der Waals surface area contributed by atoms with E-state index in [9.17, 15) is 9.90 Å². The molecule has 0 bridgehead atoms. The van der Waals surface area contributed by atoms with Crippen LogP contribution in [0.3, 0.4) is 0 Å². The summed E-state index contributed by atoms with van der Waals surface area (Å²) in [5.41, 5.74) is 1.74. The van der Waals surface area contributed by atoms with E-state index in [0.29, 0.717) is 13.1 Å². The van der Waals surface area contributed by atoms with E-state index >= 15 is 0 Å². The van der Waals surface area contributed by atoms with Gasteiger partial charge in [-0.2, -0.15) is 0 Å². The van der Waals surface area contributed by atoms with E-state index in [2.05, 4.69) is 0 Å². The molecule has 1 N–H and O–H groups in total. The molecule has 0 spiro atoms. The SMILES string of the molecule is COc1ccc([C@@H]2Sc3ccccc3N(CC[n+]3ccccc3)C(=O)[C@@H]2O)cc1. The van der Waals surface area contributed by atoms with Crippen LogP contribution in [0.25, 0.3) is 0 Å². The third-order valence-corrected chi connectivity index (χ3v) is 6.40. The Morgan fingerprint density at radius 3 is 2.48 bits per heavy atom. The number of ether oxygens (including phenoxy) is 1. The number of fused-ring (bicyclic) bond motifs is 1. The molecule has 0 radical (unpaired) electrons. The molecule has 148 valence electrons. The van der Waals surface area contributed by atoms with Crippen molar-refractivity contribution in [3.8, 4) is 5.75 Å². The summed E-state index contributed by atoms with van der Waals surface area (Å²) < 4.78 is 7.26. The first-order valence-corrected chi connectivity index (χ1v) is 10.4. The first kappa shape index (κ1) is 19.5. The number of pyridine rings is 1. The van der Waals surface area contributed by atoms with Gasteiger partial charge in [-0.1, -0.05) is 30.3 Å². The molecule has 3 aromatic rings. The van der Waals surface area contributed by atoms with Crippen LogP contribution in [0.4, 0.5) is 5.69 Å². The average molecular weight is 408 g/mol. The lowest BCUT2D eigenvalue weighted by atomic mass is 10.1. The predicted molar refractivity (Wildman–Crippen MR) is 113 cm³/mol. The molecule has 0 fully saturated rings. The summed E-state index contributed by atoms with van der Waals surface area (Å²) in [7, 11) is 1.62. The Morgan fingerprint density at radius 2 is 1.76 bits per heavy atom.